The van der Waals surface area contributed by atoms with Crippen LogP contribution in [-0.2, 0) is 14.3 Å². The van der Waals surface area contributed by atoms with Gasteiger partial charge in [0.15, 0.2) is 0 Å². The van der Waals surface area contributed by atoms with E-state index in [-0.39, 0.29) is 17.4 Å². The molecule has 2 atom stereocenters. The Morgan fingerprint density at radius 2 is 2.17 bits per heavy atom. The van der Waals surface area contributed by atoms with E-state index in [9.17, 15) is 14.0 Å². The normalized spacial score (nSPS) is 21.5. The molecule has 7 heteroatoms. The highest BCUT2D eigenvalue weighted by atomic mass is 32.2. The fourth-order valence-corrected chi connectivity index (χ4v) is 3.74. The summed E-state index contributed by atoms with van der Waals surface area (Å²) in [6, 6.07) is 5.18. The molecule has 1 unspecified atom stereocenters. The van der Waals surface area contributed by atoms with Crippen LogP contribution in [0, 0.1) is 5.82 Å². The van der Waals surface area contributed by atoms with E-state index >= 15 is 0 Å². The number of carboxylic acid groups (broad SMARTS) is 1. The summed E-state index contributed by atoms with van der Waals surface area (Å²) >= 11 is 1.57. The second-order valence-corrected chi connectivity index (χ2v) is 6.53. The number of hydrogen-bond acceptors (Lipinski definition) is 5. The zero-order valence-corrected chi connectivity index (χ0v) is 14.4. The molecule has 0 spiro atoms. The third-order valence-electron chi connectivity index (χ3n) is 4.06. The van der Waals surface area contributed by atoms with Gasteiger partial charge in [0, 0.05) is 30.0 Å². The Hall–Kier alpha value is -1.86. The number of esters is 1. The van der Waals surface area contributed by atoms with Gasteiger partial charge in [-0.05, 0) is 24.3 Å². The number of benzene rings is 1. The van der Waals surface area contributed by atoms with Crippen molar-refractivity contribution in [1.82, 2.24) is 4.90 Å². The number of rotatable bonds is 5. The van der Waals surface area contributed by atoms with Gasteiger partial charge in [0.1, 0.15) is 11.9 Å². The number of piperidine rings is 1. The first kappa shape index (κ1) is 18.5. The van der Waals surface area contributed by atoms with E-state index in [2.05, 4.69) is 0 Å². The van der Waals surface area contributed by atoms with E-state index in [0.717, 1.165) is 0 Å². The largest absolute Gasteiger partial charge is 0.478 e. The lowest BCUT2D eigenvalue weighted by Gasteiger charge is -2.37. The number of ether oxygens (including phenoxy) is 1. The monoisotopic (exact) mass is 353 g/mol. The van der Waals surface area contributed by atoms with Crippen LogP contribution in [0.15, 0.2) is 35.9 Å². The van der Waals surface area contributed by atoms with E-state index in [0.29, 0.717) is 18.5 Å². The summed E-state index contributed by atoms with van der Waals surface area (Å²) in [6.07, 6.45) is 3.79. The van der Waals surface area contributed by atoms with Crippen molar-refractivity contribution < 1.29 is 23.8 Å². The van der Waals surface area contributed by atoms with Crippen molar-refractivity contribution in [1.29, 1.82) is 0 Å². The highest BCUT2D eigenvalue weighted by Gasteiger charge is 2.35. The molecule has 1 aromatic rings. The van der Waals surface area contributed by atoms with Crippen molar-refractivity contribution in [3.05, 3.63) is 47.3 Å². The molecular formula is C17H20FNO4S. The van der Waals surface area contributed by atoms with Crippen LogP contribution in [0.4, 0.5) is 4.39 Å². The molecule has 1 saturated heterocycles. The third-order valence-corrected chi connectivity index (χ3v) is 5.17. The zero-order chi connectivity index (χ0) is 17.7. The van der Waals surface area contributed by atoms with Crippen LogP contribution >= 0.6 is 11.8 Å². The molecule has 1 aromatic carbocycles. The van der Waals surface area contributed by atoms with Gasteiger partial charge in [-0.15, -0.1) is 0 Å². The first-order chi connectivity index (χ1) is 11.5. The molecule has 0 saturated carbocycles. The molecule has 1 heterocycles. The summed E-state index contributed by atoms with van der Waals surface area (Å²) in [4.78, 5) is 25.1. The number of carbonyl (C=O) groups excluding carboxylic acids is 1. The molecule has 1 aliphatic rings. The first-order valence-electron chi connectivity index (χ1n) is 7.50. The molecule has 0 amide bonds. The second kappa shape index (κ2) is 8.30. The third kappa shape index (κ3) is 4.15. The Morgan fingerprint density at radius 3 is 2.75 bits per heavy atom. The Kier molecular flexibility index (Phi) is 6.39. The van der Waals surface area contributed by atoms with Crippen molar-refractivity contribution in [2.75, 3.05) is 26.5 Å². The maximum Gasteiger partial charge on any atom is 0.328 e. The summed E-state index contributed by atoms with van der Waals surface area (Å²) in [5.74, 6) is -2.06. The average Bonchev–Trinajstić information content (AvgIpc) is 2.56. The van der Waals surface area contributed by atoms with Gasteiger partial charge in [0.05, 0.1) is 7.11 Å². The number of likely N-dealkylation sites (tertiary alicyclic amines) is 1. The van der Waals surface area contributed by atoms with Crippen LogP contribution in [-0.4, -0.2) is 53.7 Å². The first-order valence-corrected chi connectivity index (χ1v) is 8.79. The van der Waals surface area contributed by atoms with Crippen molar-refractivity contribution in [2.45, 2.75) is 17.7 Å². The average molecular weight is 353 g/mol. The number of methoxy groups -OCH3 is 1. The molecule has 0 aromatic heterocycles. The molecule has 1 N–H and O–H groups in total. The van der Waals surface area contributed by atoms with Crippen LogP contribution in [0.25, 0.3) is 0 Å². The molecule has 1 aliphatic heterocycles. The van der Waals surface area contributed by atoms with Crippen LogP contribution in [0.1, 0.15) is 18.0 Å². The van der Waals surface area contributed by atoms with Gasteiger partial charge in [-0.3, -0.25) is 4.90 Å². The predicted molar refractivity (Wildman–Crippen MR) is 90.4 cm³/mol. The second-order valence-electron chi connectivity index (χ2n) is 5.49. The summed E-state index contributed by atoms with van der Waals surface area (Å²) in [5, 5.41) is 9.14. The number of hydrogen-bond donors (Lipinski definition) is 1. The van der Waals surface area contributed by atoms with Gasteiger partial charge in [0.25, 0.3) is 0 Å². The molecule has 5 nitrogen and oxygen atoms in total. The number of thioether (sulfide) groups is 1. The summed E-state index contributed by atoms with van der Waals surface area (Å²) in [7, 11) is 1.26. The minimum atomic E-state index is -1.02. The van der Waals surface area contributed by atoms with Gasteiger partial charge in [0.2, 0.25) is 0 Å². The molecule has 24 heavy (non-hydrogen) atoms. The highest BCUT2D eigenvalue weighted by Crippen LogP contribution is 2.33. The Balaban J connectivity index is 2.36. The van der Waals surface area contributed by atoms with Crippen molar-refractivity contribution in [3.63, 3.8) is 0 Å². The minimum absolute atomic E-state index is 0.0799. The Bertz CT molecular complexity index is 649. The van der Waals surface area contributed by atoms with Gasteiger partial charge < -0.3 is 9.84 Å². The molecule has 0 bridgehead atoms. The van der Waals surface area contributed by atoms with Crippen LogP contribution in [0.5, 0.6) is 0 Å². The number of nitrogens with zero attached hydrogens (tertiary/aromatic N) is 1. The van der Waals surface area contributed by atoms with Crippen LogP contribution in [0.3, 0.4) is 0 Å². The van der Waals surface area contributed by atoms with Crippen molar-refractivity contribution in [3.8, 4) is 0 Å². The van der Waals surface area contributed by atoms with E-state index < -0.39 is 23.8 Å². The lowest BCUT2D eigenvalue weighted by atomic mass is 9.98. The number of aliphatic carboxylic acids is 1. The van der Waals surface area contributed by atoms with Crippen molar-refractivity contribution >= 4 is 23.7 Å². The quantitative estimate of drug-likeness (QED) is 0.648. The molecule has 130 valence electrons. The topological polar surface area (TPSA) is 66.8 Å². The van der Waals surface area contributed by atoms with Crippen LogP contribution in [0.2, 0.25) is 0 Å². The standard InChI is InChI=1S/C17H20FNO4S/c1-23-17(22)16(12-5-3-4-6-13(12)18)19-8-7-14(24-2)11(10-19)9-15(20)21/h3-6,9,14,16H,7-8,10H2,1-2H3,(H,20,21)/b11-9+/t14-,16?/m1/s1. The molecule has 1 fully saturated rings. The lowest BCUT2D eigenvalue weighted by Crippen LogP contribution is -2.43. The Labute approximate surface area is 144 Å². The van der Waals surface area contributed by atoms with Crippen molar-refractivity contribution in [2.24, 2.45) is 0 Å². The lowest BCUT2D eigenvalue weighted by molar-refractivity contribution is -0.147. The molecular weight excluding hydrogens is 333 g/mol. The summed E-state index contributed by atoms with van der Waals surface area (Å²) in [5.41, 5.74) is 0.952. The maximum absolute atomic E-state index is 14.2. The van der Waals surface area contributed by atoms with E-state index in [4.69, 9.17) is 9.84 Å². The molecule has 0 radical (unpaired) electrons. The summed E-state index contributed by atoms with van der Waals surface area (Å²) in [6.45, 7) is 0.836. The predicted octanol–water partition coefficient (Wildman–Crippen LogP) is 2.49. The van der Waals surface area contributed by atoms with Gasteiger partial charge >= 0.3 is 11.9 Å². The Morgan fingerprint density at radius 1 is 1.46 bits per heavy atom. The zero-order valence-electron chi connectivity index (χ0n) is 13.6. The molecule has 2 rings (SSSR count). The minimum Gasteiger partial charge on any atom is -0.478 e. The highest BCUT2D eigenvalue weighted by molar-refractivity contribution is 7.99. The smallest absolute Gasteiger partial charge is 0.328 e. The number of carbonyl (C=O) groups is 2. The molecule has 0 aliphatic carbocycles. The van der Waals surface area contributed by atoms with Gasteiger partial charge in [-0.1, -0.05) is 18.2 Å². The van der Waals surface area contributed by atoms with Crippen LogP contribution < -0.4 is 0 Å². The fourth-order valence-electron chi connectivity index (χ4n) is 2.95. The fraction of sp³-hybridized carbons (Fsp3) is 0.412. The van der Waals surface area contributed by atoms with E-state index in [1.54, 1.807) is 34.9 Å². The van der Waals surface area contributed by atoms with E-state index in [1.807, 2.05) is 6.26 Å². The SMILES string of the molecule is COC(=O)C(c1ccccc1F)N1CC[C@@H](SC)/C(=C/C(=O)O)C1. The van der Waals surface area contributed by atoms with Gasteiger partial charge in [-0.2, -0.15) is 11.8 Å². The maximum atomic E-state index is 14.2. The number of carboxylic acids is 1. The van der Waals surface area contributed by atoms with Gasteiger partial charge in [-0.25, -0.2) is 14.0 Å². The van der Waals surface area contributed by atoms with E-state index in [1.165, 1.54) is 19.3 Å². The number of halogens is 1. The summed E-state index contributed by atoms with van der Waals surface area (Å²) < 4.78 is 19.1.